The number of nitrogens with zero attached hydrogens (tertiary/aromatic N) is 1. The Bertz CT molecular complexity index is 2280. The predicted octanol–water partition coefficient (Wildman–Crippen LogP) is 12.5. The Morgan fingerprint density at radius 1 is 0.378 bits per heavy atom. The minimum absolute atomic E-state index is 0.0488. The molecule has 1 nitrogen and oxygen atoms in total. The molecule has 1 heteroatoms. The summed E-state index contributed by atoms with van der Waals surface area (Å²) in [5.41, 5.74) is 16.7. The molecule has 1 aromatic heterocycles. The van der Waals surface area contributed by atoms with Gasteiger partial charge in [-0.3, -0.25) is 0 Å². The molecule has 45 heavy (non-hydrogen) atoms. The number of fused-ring (bicyclic) bond motifs is 11. The quantitative estimate of drug-likeness (QED) is 0.182. The summed E-state index contributed by atoms with van der Waals surface area (Å²) < 4.78 is 2.51. The summed E-state index contributed by atoms with van der Waals surface area (Å²) in [5, 5.41) is 2.62. The van der Waals surface area contributed by atoms with Gasteiger partial charge in [-0.1, -0.05) is 124 Å². The molecule has 0 unspecified atom stereocenters. The van der Waals surface area contributed by atoms with E-state index in [1.807, 2.05) is 0 Å². The van der Waals surface area contributed by atoms with Gasteiger partial charge in [0.1, 0.15) is 0 Å². The zero-order valence-corrected chi connectivity index (χ0v) is 27.1. The van der Waals surface area contributed by atoms with Gasteiger partial charge in [-0.2, -0.15) is 0 Å². The van der Waals surface area contributed by atoms with E-state index in [-0.39, 0.29) is 11.0 Å². The first kappa shape index (κ1) is 27.7. The van der Waals surface area contributed by atoms with Gasteiger partial charge in [-0.25, -0.2) is 0 Å². The van der Waals surface area contributed by atoms with Crippen LogP contribution >= 0.6 is 0 Å². The van der Waals surface area contributed by atoms with Gasteiger partial charge in [0.2, 0.25) is 0 Å². The van der Waals surface area contributed by atoms with Crippen LogP contribution in [0.15, 0.2) is 127 Å². The molecule has 0 spiro atoms. The Morgan fingerprint density at radius 3 is 1.49 bits per heavy atom. The lowest BCUT2D eigenvalue weighted by atomic mass is 9.77. The fraction of sp³-hybridized carbons (Fsp3) is 0.182. The van der Waals surface area contributed by atoms with Crippen LogP contribution in [0.2, 0.25) is 0 Å². The summed E-state index contributed by atoms with van der Waals surface area (Å²) in [7, 11) is 0. The average molecular weight is 582 g/mol. The maximum absolute atomic E-state index is 2.51. The van der Waals surface area contributed by atoms with Crippen molar-refractivity contribution < 1.29 is 0 Å². The van der Waals surface area contributed by atoms with Gasteiger partial charge < -0.3 is 4.57 Å². The highest BCUT2D eigenvalue weighted by molar-refractivity contribution is 6.10. The van der Waals surface area contributed by atoms with E-state index in [2.05, 4.69) is 174 Å². The molecule has 0 amide bonds. The van der Waals surface area contributed by atoms with E-state index in [4.69, 9.17) is 0 Å². The first-order valence-corrected chi connectivity index (χ1v) is 16.1. The molecule has 0 atom stereocenters. The fourth-order valence-corrected chi connectivity index (χ4v) is 7.43. The minimum atomic E-state index is -0.0488. The Morgan fingerprint density at radius 2 is 0.844 bits per heavy atom. The van der Waals surface area contributed by atoms with Crippen molar-refractivity contribution in [3.63, 3.8) is 0 Å². The van der Waals surface area contributed by atoms with Crippen molar-refractivity contribution in [1.82, 2.24) is 4.57 Å². The topological polar surface area (TPSA) is 4.93 Å². The maximum Gasteiger partial charge on any atom is 0.0502 e. The molecule has 1 aliphatic carbocycles. The van der Waals surface area contributed by atoms with Crippen LogP contribution in [0, 0.1) is 0 Å². The Hall–Kier alpha value is -4.88. The van der Waals surface area contributed by atoms with Gasteiger partial charge in [-0.15, -0.1) is 0 Å². The number of benzene rings is 6. The summed E-state index contributed by atoms with van der Waals surface area (Å²) in [6.45, 7) is 13.8. The average Bonchev–Trinajstić information content (AvgIpc) is 3.37. The lowest BCUT2D eigenvalue weighted by Crippen LogP contribution is -2.21. The zero-order chi connectivity index (χ0) is 31.1. The van der Waals surface area contributed by atoms with Crippen molar-refractivity contribution in [2.24, 2.45) is 0 Å². The van der Waals surface area contributed by atoms with Gasteiger partial charge >= 0.3 is 0 Å². The number of hydrogen-bond donors (Lipinski definition) is 0. The lowest BCUT2D eigenvalue weighted by Gasteiger charge is -2.26. The Balaban J connectivity index is 1.41. The molecule has 0 N–H and O–H groups in total. The Labute approximate surface area is 266 Å². The van der Waals surface area contributed by atoms with Crippen LogP contribution in [-0.4, -0.2) is 4.57 Å². The molecular weight excluding hydrogens is 542 g/mol. The molecule has 220 valence electrons. The molecule has 8 rings (SSSR count). The third kappa shape index (κ3) is 4.37. The standard InChI is InChI=1S/C44H39N/c1-43(2,3)30-21-24-36-39-25-28(29-20-23-38-37-17-11-12-18-41(37)45(42(38)26-29)44(4,5)6)19-22-35(39)33-15-8-7-13-31(33)32-14-9-10-16-34(32)40(36)27-30/h7-27H,1-6H3. The summed E-state index contributed by atoms with van der Waals surface area (Å²) in [5.74, 6) is 0. The van der Waals surface area contributed by atoms with Gasteiger partial charge in [0.05, 0.1) is 5.52 Å². The molecule has 0 aliphatic heterocycles. The van der Waals surface area contributed by atoms with E-state index in [1.54, 1.807) is 0 Å². The van der Waals surface area contributed by atoms with E-state index in [9.17, 15) is 0 Å². The summed E-state index contributed by atoms with van der Waals surface area (Å²) in [4.78, 5) is 0. The van der Waals surface area contributed by atoms with Crippen molar-refractivity contribution in [3.8, 4) is 55.6 Å². The SMILES string of the molecule is CC(C)(C)c1ccc2c(c1)-c1ccccc1-c1ccccc1-c1ccc(-c3ccc4c5ccccc5n(C(C)(C)C)c4c3)cc1-2. The van der Waals surface area contributed by atoms with E-state index in [0.29, 0.717) is 0 Å². The fourth-order valence-electron chi connectivity index (χ4n) is 7.43. The van der Waals surface area contributed by atoms with E-state index in [0.717, 1.165) is 0 Å². The van der Waals surface area contributed by atoms with Gasteiger partial charge in [-0.05, 0) is 112 Å². The molecule has 0 radical (unpaired) electrons. The smallest absolute Gasteiger partial charge is 0.0502 e. The monoisotopic (exact) mass is 581 g/mol. The van der Waals surface area contributed by atoms with Crippen molar-refractivity contribution in [1.29, 1.82) is 0 Å². The predicted molar refractivity (Wildman–Crippen MR) is 194 cm³/mol. The van der Waals surface area contributed by atoms with Crippen LogP contribution in [0.5, 0.6) is 0 Å². The van der Waals surface area contributed by atoms with Crippen LogP contribution in [0.3, 0.4) is 0 Å². The minimum Gasteiger partial charge on any atom is -0.335 e. The molecule has 0 saturated heterocycles. The van der Waals surface area contributed by atoms with Crippen LogP contribution < -0.4 is 0 Å². The van der Waals surface area contributed by atoms with E-state index in [1.165, 1.54) is 83.0 Å². The second-order valence-electron chi connectivity index (χ2n) is 14.6. The van der Waals surface area contributed by atoms with Gasteiger partial charge in [0.15, 0.2) is 0 Å². The summed E-state index contributed by atoms with van der Waals surface area (Å²) >= 11 is 0. The van der Waals surface area contributed by atoms with Crippen LogP contribution in [0.4, 0.5) is 0 Å². The molecule has 7 aromatic rings. The first-order chi connectivity index (χ1) is 21.6. The van der Waals surface area contributed by atoms with Crippen LogP contribution in [0.25, 0.3) is 77.4 Å². The number of aromatic nitrogens is 1. The highest BCUT2D eigenvalue weighted by Gasteiger charge is 2.25. The molecule has 6 aromatic carbocycles. The molecule has 1 heterocycles. The van der Waals surface area contributed by atoms with E-state index < -0.39 is 0 Å². The third-order valence-electron chi connectivity index (χ3n) is 9.60. The number of para-hydroxylation sites is 1. The Kier molecular flexibility index (Phi) is 6.03. The second kappa shape index (κ2) is 9.81. The van der Waals surface area contributed by atoms with Gasteiger partial charge in [0, 0.05) is 21.8 Å². The maximum atomic E-state index is 2.51. The van der Waals surface area contributed by atoms with Gasteiger partial charge in [0.25, 0.3) is 0 Å². The van der Waals surface area contributed by atoms with Crippen LogP contribution in [-0.2, 0) is 11.0 Å². The molecule has 0 fully saturated rings. The molecule has 0 bridgehead atoms. The zero-order valence-electron chi connectivity index (χ0n) is 27.1. The number of rotatable bonds is 1. The van der Waals surface area contributed by atoms with Crippen molar-refractivity contribution in [2.75, 3.05) is 0 Å². The van der Waals surface area contributed by atoms with Crippen molar-refractivity contribution in [3.05, 3.63) is 133 Å². The second-order valence-corrected chi connectivity index (χ2v) is 14.6. The largest absolute Gasteiger partial charge is 0.335 e. The molecule has 1 aliphatic rings. The highest BCUT2D eigenvalue weighted by Crippen LogP contribution is 2.49. The molecular formula is C44H39N. The van der Waals surface area contributed by atoms with E-state index >= 15 is 0 Å². The first-order valence-electron chi connectivity index (χ1n) is 16.1. The third-order valence-corrected chi connectivity index (χ3v) is 9.60. The summed E-state index contributed by atoms with van der Waals surface area (Å²) in [6.07, 6.45) is 0. The molecule has 0 saturated carbocycles. The van der Waals surface area contributed by atoms with Crippen molar-refractivity contribution >= 4 is 21.8 Å². The van der Waals surface area contributed by atoms with Crippen LogP contribution in [0.1, 0.15) is 47.1 Å². The van der Waals surface area contributed by atoms with Crippen molar-refractivity contribution in [2.45, 2.75) is 52.5 Å². The summed E-state index contributed by atoms with van der Waals surface area (Å²) in [6, 6.07) is 47.9. The number of hydrogen-bond acceptors (Lipinski definition) is 0. The normalized spacial score (nSPS) is 12.7. The lowest BCUT2D eigenvalue weighted by molar-refractivity contribution is 0.423. The highest BCUT2D eigenvalue weighted by atomic mass is 15.0.